The van der Waals surface area contributed by atoms with Crippen molar-refractivity contribution in [3.05, 3.63) is 70.9 Å². The Labute approximate surface area is 200 Å². The number of hydrogen-bond acceptors (Lipinski definition) is 5. The van der Waals surface area contributed by atoms with Crippen molar-refractivity contribution in [1.29, 1.82) is 0 Å². The molecule has 11 heteroatoms. The van der Waals surface area contributed by atoms with Gasteiger partial charge in [-0.25, -0.2) is 0 Å². The molecule has 0 bridgehead atoms. The molecule has 1 aromatic heterocycles. The van der Waals surface area contributed by atoms with E-state index in [1.165, 1.54) is 35.7 Å². The predicted molar refractivity (Wildman–Crippen MR) is 123 cm³/mol. The van der Waals surface area contributed by atoms with Crippen LogP contribution < -0.4 is 9.64 Å². The van der Waals surface area contributed by atoms with Crippen LogP contribution in [-0.2, 0) is 17.5 Å². The number of alkyl halides is 3. The second kappa shape index (κ2) is 10.6. The van der Waals surface area contributed by atoms with E-state index in [2.05, 4.69) is 4.98 Å². The van der Waals surface area contributed by atoms with E-state index in [-0.39, 0.29) is 43.0 Å². The molecule has 0 spiro atoms. The molecule has 186 valence electrons. The van der Waals surface area contributed by atoms with Gasteiger partial charge in [0.05, 0.1) is 18.7 Å². The lowest BCUT2D eigenvalue weighted by atomic mass is 10.1. The van der Waals surface area contributed by atoms with Crippen LogP contribution in [0.1, 0.15) is 27.2 Å². The minimum atomic E-state index is -4.58. The minimum absolute atomic E-state index is 0.0156. The Morgan fingerprint density at radius 3 is 2.46 bits per heavy atom. The van der Waals surface area contributed by atoms with Crippen LogP contribution in [0.5, 0.6) is 11.8 Å². The Hall–Kier alpha value is -3.86. The average molecular weight is 490 g/mol. The van der Waals surface area contributed by atoms with E-state index in [0.717, 1.165) is 28.2 Å². The third kappa shape index (κ3) is 5.99. The van der Waals surface area contributed by atoms with E-state index in [1.807, 2.05) is 31.2 Å². The number of likely N-dealkylation sites (N-methyl/N-ethyl adjacent to an activating group) is 1. The molecule has 0 atom stereocenters. The van der Waals surface area contributed by atoms with Gasteiger partial charge >= 0.3 is 12.2 Å². The molecule has 1 heterocycles. The first-order valence-electron chi connectivity index (χ1n) is 10.6. The number of aromatic nitrogens is 2. The number of anilines is 1. The fraction of sp³-hybridized carbons (Fsp3) is 0.292. The summed E-state index contributed by atoms with van der Waals surface area (Å²) >= 11 is 0. The molecule has 0 aliphatic heterocycles. The number of aliphatic hydroxyl groups excluding tert-OH is 1. The topological polar surface area (TPSA) is 87.9 Å². The lowest BCUT2D eigenvalue weighted by Gasteiger charge is -2.19. The van der Waals surface area contributed by atoms with Crippen LogP contribution in [0.3, 0.4) is 0 Å². The Kier molecular flexibility index (Phi) is 7.80. The first-order chi connectivity index (χ1) is 16.5. The van der Waals surface area contributed by atoms with Crippen molar-refractivity contribution in [2.24, 2.45) is 0 Å². The summed E-state index contributed by atoms with van der Waals surface area (Å²) in [6, 6.07) is 11.5. The highest BCUT2D eigenvalue weighted by atomic mass is 19.4. The van der Waals surface area contributed by atoms with Crippen LogP contribution in [0, 0.1) is 6.92 Å². The number of halogens is 3. The van der Waals surface area contributed by atoms with Gasteiger partial charge in [-0.15, -0.1) is 0 Å². The van der Waals surface area contributed by atoms with Crippen LogP contribution in [0.2, 0.25) is 0 Å². The maximum absolute atomic E-state index is 13.3. The predicted octanol–water partition coefficient (Wildman–Crippen LogP) is 3.71. The molecule has 2 aromatic carbocycles. The molecular weight excluding hydrogens is 465 g/mol. The molecule has 2 amide bonds. The van der Waals surface area contributed by atoms with E-state index in [9.17, 15) is 27.9 Å². The second-order valence-corrected chi connectivity index (χ2v) is 7.93. The van der Waals surface area contributed by atoms with Crippen LogP contribution in [0.15, 0.2) is 48.5 Å². The summed E-state index contributed by atoms with van der Waals surface area (Å²) in [5.41, 5.74) is 0.857. The number of hydrogen-bond donors (Lipinski definition) is 1. The SMILES string of the molecule is Cc1ccc(Cn2c(Oc3cccc(C(F)(F)F)c3)nc(N(C)C=O)c2C(=O)N(C)CCO)cc1. The number of amides is 2. The molecule has 0 unspecified atom stereocenters. The van der Waals surface area contributed by atoms with Crippen LogP contribution >= 0.6 is 0 Å². The van der Waals surface area contributed by atoms with Gasteiger partial charge in [-0.3, -0.25) is 14.2 Å². The molecule has 3 rings (SSSR count). The highest BCUT2D eigenvalue weighted by molar-refractivity contribution is 5.99. The molecule has 0 saturated heterocycles. The standard InChI is InChI=1S/C24H25F3N4O4/c1-16-7-9-17(10-8-16)14-31-20(22(34)29(2)11-12-32)21(30(3)15-33)28-23(31)35-19-6-4-5-18(13-19)24(25,26)27/h4-10,13,15,32H,11-12,14H2,1-3H3. The quantitative estimate of drug-likeness (QED) is 0.462. The normalized spacial score (nSPS) is 11.3. The van der Waals surface area contributed by atoms with Crippen molar-refractivity contribution >= 4 is 18.1 Å². The summed E-state index contributed by atoms with van der Waals surface area (Å²) in [6.45, 7) is 1.73. The van der Waals surface area contributed by atoms with E-state index in [4.69, 9.17) is 4.74 Å². The number of nitrogens with zero attached hydrogens (tertiary/aromatic N) is 4. The van der Waals surface area contributed by atoms with Gasteiger partial charge in [0.25, 0.3) is 5.91 Å². The minimum Gasteiger partial charge on any atom is -0.425 e. The lowest BCUT2D eigenvalue weighted by molar-refractivity contribution is -0.137. The summed E-state index contributed by atoms with van der Waals surface area (Å²) in [4.78, 5) is 31.5. The van der Waals surface area contributed by atoms with Crippen LogP contribution in [0.25, 0.3) is 0 Å². The zero-order valence-corrected chi connectivity index (χ0v) is 19.4. The molecule has 0 aliphatic carbocycles. The maximum Gasteiger partial charge on any atom is 0.416 e. The number of carbonyl (C=O) groups is 2. The van der Waals surface area contributed by atoms with Gasteiger partial charge in [0.1, 0.15) is 5.75 Å². The molecule has 1 N–H and O–H groups in total. The number of ether oxygens (including phenoxy) is 1. The highest BCUT2D eigenvalue weighted by Crippen LogP contribution is 2.34. The Morgan fingerprint density at radius 1 is 1.17 bits per heavy atom. The Balaban J connectivity index is 2.16. The third-order valence-electron chi connectivity index (χ3n) is 5.22. The Bertz CT molecular complexity index is 1190. The molecule has 35 heavy (non-hydrogen) atoms. The number of benzene rings is 2. The van der Waals surface area contributed by atoms with Gasteiger partial charge < -0.3 is 19.6 Å². The summed E-state index contributed by atoms with van der Waals surface area (Å²) in [7, 11) is 2.86. The monoisotopic (exact) mass is 490 g/mol. The lowest BCUT2D eigenvalue weighted by Crippen LogP contribution is -2.33. The van der Waals surface area contributed by atoms with E-state index < -0.39 is 17.6 Å². The second-order valence-electron chi connectivity index (χ2n) is 7.93. The van der Waals surface area contributed by atoms with Gasteiger partial charge in [0, 0.05) is 20.6 Å². The van der Waals surface area contributed by atoms with Gasteiger partial charge in [0.15, 0.2) is 11.5 Å². The number of carbonyl (C=O) groups excluding carboxylic acids is 2. The van der Waals surface area contributed by atoms with Crippen molar-refractivity contribution < 1.29 is 32.6 Å². The molecule has 0 radical (unpaired) electrons. The van der Waals surface area contributed by atoms with Gasteiger partial charge in [-0.2, -0.15) is 18.2 Å². The van der Waals surface area contributed by atoms with Crippen molar-refractivity contribution in [2.75, 3.05) is 32.1 Å². The zero-order chi connectivity index (χ0) is 25.8. The summed E-state index contributed by atoms with van der Waals surface area (Å²) < 4.78 is 46.7. The van der Waals surface area contributed by atoms with Crippen LogP contribution in [-0.4, -0.2) is 59.1 Å². The number of rotatable bonds is 9. The smallest absolute Gasteiger partial charge is 0.416 e. The first kappa shape index (κ1) is 25.8. The van der Waals surface area contributed by atoms with Gasteiger partial charge in [-0.1, -0.05) is 35.9 Å². The van der Waals surface area contributed by atoms with Crippen molar-refractivity contribution in [2.45, 2.75) is 19.6 Å². The number of aryl methyl sites for hydroxylation is 1. The molecule has 3 aromatic rings. The van der Waals surface area contributed by atoms with Gasteiger partial charge in [0.2, 0.25) is 6.41 Å². The zero-order valence-electron chi connectivity index (χ0n) is 19.4. The summed E-state index contributed by atoms with van der Waals surface area (Å²) in [5.74, 6) is -0.733. The first-order valence-corrected chi connectivity index (χ1v) is 10.6. The highest BCUT2D eigenvalue weighted by Gasteiger charge is 2.32. The van der Waals surface area contributed by atoms with Crippen LogP contribution in [0.4, 0.5) is 19.0 Å². The summed E-state index contributed by atoms with van der Waals surface area (Å²) in [6.07, 6.45) is -4.12. The van der Waals surface area contributed by atoms with Crippen molar-refractivity contribution in [1.82, 2.24) is 14.5 Å². The molecule has 0 aliphatic rings. The molecule has 0 saturated carbocycles. The fourth-order valence-corrected chi connectivity index (χ4v) is 3.30. The number of imidazole rings is 1. The van der Waals surface area contributed by atoms with E-state index in [0.29, 0.717) is 6.41 Å². The number of aliphatic hydroxyl groups is 1. The molecule has 8 nitrogen and oxygen atoms in total. The van der Waals surface area contributed by atoms with E-state index >= 15 is 0 Å². The maximum atomic E-state index is 13.3. The average Bonchev–Trinajstić information content (AvgIpc) is 3.16. The molecular formula is C24H25F3N4O4. The largest absolute Gasteiger partial charge is 0.425 e. The van der Waals surface area contributed by atoms with Gasteiger partial charge in [-0.05, 0) is 30.7 Å². The third-order valence-corrected chi connectivity index (χ3v) is 5.22. The van der Waals surface area contributed by atoms with Crippen molar-refractivity contribution in [3.63, 3.8) is 0 Å². The fourth-order valence-electron chi connectivity index (χ4n) is 3.30. The summed E-state index contributed by atoms with van der Waals surface area (Å²) in [5, 5.41) is 9.28. The van der Waals surface area contributed by atoms with E-state index in [1.54, 1.807) is 0 Å². The Morgan fingerprint density at radius 2 is 1.86 bits per heavy atom. The molecule has 0 fully saturated rings. The van der Waals surface area contributed by atoms with Crippen molar-refractivity contribution in [3.8, 4) is 11.8 Å².